The molecule has 22 heavy (non-hydrogen) atoms. The van der Waals surface area contributed by atoms with Crippen LogP contribution < -0.4 is 0 Å². The van der Waals surface area contributed by atoms with Crippen LogP contribution in [0.5, 0.6) is 0 Å². The Bertz CT molecular complexity index is 551. The highest BCUT2D eigenvalue weighted by Crippen LogP contribution is 2.45. The van der Waals surface area contributed by atoms with Crippen LogP contribution in [0.4, 0.5) is 0 Å². The first-order valence-electron chi connectivity index (χ1n) is 8.97. The van der Waals surface area contributed by atoms with Gasteiger partial charge in [0.15, 0.2) is 0 Å². The van der Waals surface area contributed by atoms with Gasteiger partial charge in [0.1, 0.15) is 0 Å². The number of hydrogen-bond acceptors (Lipinski definition) is 0. The molecule has 0 heteroatoms. The van der Waals surface area contributed by atoms with Crippen LogP contribution in [0.1, 0.15) is 69.4 Å². The molecule has 0 bridgehead atoms. The second kappa shape index (κ2) is 7.63. The average Bonchev–Trinajstić information content (AvgIpc) is 2.89. The van der Waals surface area contributed by atoms with E-state index in [0.29, 0.717) is 0 Å². The zero-order chi connectivity index (χ0) is 15.2. The Balaban J connectivity index is 1.60. The number of fused-ring (bicyclic) bond motifs is 3. The Labute approximate surface area is 135 Å². The molecule has 2 aromatic rings. The summed E-state index contributed by atoms with van der Waals surface area (Å²) in [6.45, 7) is 2.28. The first-order valence-corrected chi connectivity index (χ1v) is 8.97. The van der Waals surface area contributed by atoms with Crippen LogP contribution in [0, 0.1) is 5.92 Å². The molecule has 1 aliphatic rings. The van der Waals surface area contributed by atoms with Crippen molar-refractivity contribution < 1.29 is 0 Å². The zero-order valence-electron chi connectivity index (χ0n) is 13.8. The average molecular weight is 291 g/mol. The lowest BCUT2D eigenvalue weighted by Crippen LogP contribution is -1.97. The summed E-state index contributed by atoms with van der Waals surface area (Å²) in [5.74, 6) is 1.57. The summed E-state index contributed by atoms with van der Waals surface area (Å²) < 4.78 is 0. The molecule has 0 saturated carbocycles. The predicted octanol–water partition coefficient (Wildman–Crippen LogP) is 6.78. The summed E-state index contributed by atoms with van der Waals surface area (Å²) >= 11 is 0. The highest BCUT2D eigenvalue weighted by Gasteiger charge is 2.27. The van der Waals surface area contributed by atoms with Crippen molar-refractivity contribution in [3.05, 3.63) is 65.6 Å². The van der Waals surface area contributed by atoms with Crippen molar-refractivity contribution in [1.29, 1.82) is 0 Å². The van der Waals surface area contributed by atoms with Gasteiger partial charge in [0.05, 0.1) is 0 Å². The predicted molar refractivity (Wildman–Crippen MR) is 95.9 cm³/mol. The van der Waals surface area contributed by atoms with Crippen molar-refractivity contribution in [3.8, 4) is 11.1 Å². The molecule has 0 unspecified atom stereocenters. The minimum absolute atomic E-state index is 1.22. The maximum absolute atomic E-state index is 2.30. The molecule has 115 valence electrons. The van der Waals surface area contributed by atoms with Crippen molar-refractivity contribution >= 4 is 0 Å². The Morgan fingerprint density at radius 3 is 1.55 bits per heavy atom. The minimum Gasteiger partial charge on any atom is -0.0654 e. The molecule has 0 aromatic heterocycles. The minimum atomic E-state index is 1.22. The molecule has 2 aromatic carbocycles. The Hall–Kier alpha value is -1.56. The highest BCUT2D eigenvalue weighted by atomic mass is 14.3. The fraction of sp³-hybridized carbons (Fsp3) is 0.409. The highest BCUT2D eigenvalue weighted by molar-refractivity contribution is 5.83. The van der Waals surface area contributed by atoms with E-state index in [1.165, 1.54) is 73.6 Å². The lowest BCUT2D eigenvalue weighted by molar-refractivity contribution is 0.584. The van der Waals surface area contributed by atoms with Crippen LogP contribution in [-0.2, 0) is 0 Å². The summed E-state index contributed by atoms with van der Waals surface area (Å²) in [7, 11) is 0. The van der Waals surface area contributed by atoms with E-state index in [1.807, 2.05) is 0 Å². The molecule has 3 rings (SSSR count). The van der Waals surface area contributed by atoms with Gasteiger partial charge in [-0.1, -0.05) is 100 Å². The van der Waals surface area contributed by atoms with Crippen molar-refractivity contribution in [1.82, 2.24) is 0 Å². The van der Waals surface area contributed by atoms with Crippen LogP contribution in [0.3, 0.4) is 0 Å². The smallest absolute Gasteiger partial charge is 0.0352 e. The molecular formula is C22H27. The topological polar surface area (TPSA) is 0 Å². The molecule has 0 N–H and O–H groups in total. The van der Waals surface area contributed by atoms with Crippen molar-refractivity contribution in [2.45, 2.75) is 58.3 Å². The van der Waals surface area contributed by atoms with E-state index in [1.54, 1.807) is 5.92 Å². The number of hydrogen-bond donors (Lipinski definition) is 0. The molecule has 0 heterocycles. The van der Waals surface area contributed by atoms with E-state index in [0.717, 1.165) is 0 Å². The molecule has 0 atom stereocenters. The SMILES string of the molecule is CCCCCCCCC[C]1c2ccccc2-c2ccccc21. The Kier molecular flexibility index (Phi) is 5.32. The Morgan fingerprint density at radius 2 is 1.00 bits per heavy atom. The van der Waals surface area contributed by atoms with Gasteiger partial charge in [0, 0.05) is 5.92 Å². The molecule has 0 aliphatic heterocycles. The largest absolute Gasteiger partial charge is 0.0654 e. The van der Waals surface area contributed by atoms with Crippen molar-refractivity contribution in [2.75, 3.05) is 0 Å². The zero-order valence-corrected chi connectivity index (χ0v) is 13.8. The van der Waals surface area contributed by atoms with E-state index in [2.05, 4.69) is 55.5 Å². The third-order valence-electron chi connectivity index (χ3n) is 4.82. The van der Waals surface area contributed by atoms with E-state index < -0.39 is 0 Å². The molecule has 1 aliphatic carbocycles. The summed E-state index contributed by atoms with van der Waals surface area (Å²) in [6.07, 6.45) is 10.9. The van der Waals surface area contributed by atoms with Gasteiger partial charge in [-0.3, -0.25) is 0 Å². The van der Waals surface area contributed by atoms with E-state index >= 15 is 0 Å². The lowest BCUT2D eigenvalue weighted by Gasteiger charge is -2.12. The molecule has 1 radical (unpaired) electrons. The molecule has 0 saturated heterocycles. The van der Waals surface area contributed by atoms with Gasteiger partial charge < -0.3 is 0 Å². The van der Waals surface area contributed by atoms with Gasteiger partial charge in [-0.2, -0.15) is 0 Å². The Morgan fingerprint density at radius 1 is 0.545 bits per heavy atom. The number of benzene rings is 2. The molecule has 0 amide bonds. The molecular weight excluding hydrogens is 264 g/mol. The van der Waals surface area contributed by atoms with Gasteiger partial charge in [-0.25, -0.2) is 0 Å². The maximum Gasteiger partial charge on any atom is 0.0352 e. The monoisotopic (exact) mass is 291 g/mol. The molecule has 0 spiro atoms. The first-order chi connectivity index (χ1) is 10.9. The van der Waals surface area contributed by atoms with Crippen LogP contribution in [0.2, 0.25) is 0 Å². The summed E-state index contributed by atoms with van der Waals surface area (Å²) in [4.78, 5) is 0. The van der Waals surface area contributed by atoms with E-state index in [9.17, 15) is 0 Å². The fourth-order valence-electron chi connectivity index (χ4n) is 3.64. The van der Waals surface area contributed by atoms with Gasteiger partial charge in [0.2, 0.25) is 0 Å². The number of rotatable bonds is 8. The number of unbranched alkanes of at least 4 members (excludes halogenated alkanes) is 6. The summed E-state index contributed by atoms with van der Waals surface area (Å²) in [5, 5.41) is 0. The van der Waals surface area contributed by atoms with Gasteiger partial charge in [-0.05, 0) is 28.7 Å². The molecule has 0 fully saturated rings. The fourth-order valence-corrected chi connectivity index (χ4v) is 3.64. The van der Waals surface area contributed by atoms with Crippen LogP contribution in [0.15, 0.2) is 48.5 Å². The van der Waals surface area contributed by atoms with Gasteiger partial charge >= 0.3 is 0 Å². The van der Waals surface area contributed by atoms with Crippen LogP contribution >= 0.6 is 0 Å². The summed E-state index contributed by atoms with van der Waals surface area (Å²) in [6, 6.07) is 17.8. The van der Waals surface area contributed by atoms with E-state index in [4.69, 9.17) is 0 Å². The third kappa shape index (κ3) is 3.27. The van der Waals surface area contributed by atoms with E-state index in [-0.39, 0.29) is 0 Å². The second-order valence-corrected chi connectivity index (χ2v) is 6.44. The molecule has 0 nitrogen and oxygen atoms in total. The van der Waals surface area contributed by atoms with Crippen molar-refractivity contribution in [2.24, 2.45) is 0 Å². The quantitative estimate of drug-likeness (QED) is 0.470. The van der Waals surface area contributed by atoms with Crippen molar-refractivity contribution in [3.63, 3.8) is 0 Å². The van der Waals surface area contributed by atoms with Crippen LogP contribution in [-0.4, -0.2) is 0 Å². The van der Waals surface area contributed by atoms with Gasteiger partial charge in [0.25, 0.3) is 0 Å². The van der Waals surface area contributed by atoms with Gasteiger partial charge in [-0.15, -0.1) is 0 Å². The normalized spacial score (nSPS) is 13.1. The standard InChI is InChI=1S/C22H27/c1-2-3-4-5-6-7-8-13-18-19-14-9-11-16-21(19)22-17-12-10-15-20(18)22/h9-12,14-17H,2-8,13H2,1H3. The lowest BCUT2D eigenvalue weighted by atomic mass is 9.91. The summed E-state index contributed by atoms with van der Waals surface area (Å²) in [5.41, 5.74) is 5.79. The maximum atomic E-state index is 2.30. The third-order valence-corrected chi connectivity index (χ3v) is 4.82. The van der Waals surface area contributed by atoms with Crippen LogP contribution in [0.25, 0.3) is 11.1 Å². The first kappa shape index (κ1) is 15.3. The second-order valence-electron chi connectivity index (χ2n) is 6.44.